The lowest BCUT2D eigenvalue weighted by Gasteiger charge is -2.32. The number of rotatable bonds is 7. The summed E-state index contributed by atoms with van der Waals surface area (Å²) in [5, 5.41) is 9.56. The zero-order valence-electron chi connectivity index (χ0n) is 13.0. The van der Waals surface area contributed by atoms with Gasteiger partial charge in [0.2, 0.25) is 0 Å². The van der Waals surface area contributed by atoms with Crippen molar-refractivity contribution in [2.45, 2.75) is 32.7 Å². The van der Waals surface area contributed by atoms with Crippen LogP contribution in [-0.2, 0) is 20.8 Å². The molecule has 1 atom stereocenters. The molecule has 1 aromatic heterocycles. The number of thiophene rings is 1. The summed E-state index contributed by atoms with van der Waals surface area (Å²) < 4.78 is 10.3. The van der Waals surface area contributed by atoms with Gasteiger partial charge in [-0.3, -0.25) is 15.1 Å². The first-order valence-electron chi connectivity index (χ1n) is 7.78. The summed E-state index contributed by atoms with van der Waals surface area (Å²) in [6, 6.07) is 4.24. The summed E-state index contributed by atoms with van der Waals surface area (Å²) in [6.07, 6.45) is 2.17. The van der Waals surface area contributed by atoms with E-state index >= 15 is 0 Å². The highest BCUT2D eigenvalue weighted by Crippen LogP contribution is 2.20. The van der Waals surface area contributed by atoms with E-state index in [9.17, 15) is 4.79 Å². The van der Waals surface area contributed by atoms with Gasteiger partial charge in [-0.25, -0.2) is 0 Å². The zero-order valence-corrected chi connectivity index (χ0v) is 13.9. The van der Waals surface area contributed by atoms with E-state index in [0.29, 0.717) is 19.1 Å². The summed E-state index contributed by atoms with van der Waals surface area (Å²) in [5.74, 6) is 0.00300. The van der Waals surface area contributed by atoms with Crippen LogP contribution in [0.1, 0.15) is 31.1 Å². The number of esters is 1. The molecule has 6 heteroatoms. The van der Waals surface area contributed by atoms with E-state index in [1.54, 1.807) is 18.3 Å². The molecule has 122 valence electrons. The van der Waals surface area contributed by atoms with E-state index in [-0.39, 0.29) is 18.3 Å². The SMILES string of the molecule is CCOC(=N)CC(=O)OCC1CCCN(Cc2cccs2)C1. The Balaban J connectivity index is 1.69. The maximum absolute atomic E-state index is 11.7. The fourth-order valence-electron chi connectivity index (χ4n) is 2.67. The van der Waals surface area contributed by atoms with Crippen molar-refractivity contribution < 1.29 is 14.3 Å². The van der Waals surface area contributed by atoms with E-state index in [4.69, 9.17) is 14.9 Å². The molecule has 22 heavy (non-hydrogen) atoms. The minimum atomic E-state index is -0.367. The molecule has 0 aliphatic carbocycles. The van der Waals surface area contributed by atoms with Crippen molar-refractivity contribution in [2.75, 3.05) is 26.3 Å². The third-order valence-electron chi connectivity index (χ3n) is 3.67. The first-order valence-corrected chi connectivity index (χ1v) is 8.66. The number of hydrogen-bond acceptors (Lipinski definition) is 6. The Morgan fingerprint density at radius 3 is 3.09 bits per heavy atom. The number of hydrogen-bond donors (Lipinski definition) is 1. The van der Waals surface area contributed by atoms with Crippen molar-refractivity contribution in [1.82, 2.24) is 4.90 Å². The lowest BCUT2D eigenvalue weighted by molar-refractivity contribution is -0.144. The average molecular weight is 324 g/mol. The lowest BCUT2D eigenvalue weighted by atomic mass is 9.99. The van der Waals surface area contributed by atoms with Gasteiger partial charge in [-0.2, -0.15) is 0 Å². The highest BCUT2D eigenvalue weighted by molar-refractivity contribution is 7.09. The minimum Gasteiger partial charge on any atom is -0.481 e. The molecule has 1 aliphatic heterocycles. The van der Waals surface area contributed by atoms with Gasteiger partial charge in [0, 0.05) is 23.9 Å². The van der Waals surface area contributed by atoms with Gasteiger partial charge >= 0.3 is 5.97 Å². The van der Waals surface area contributed by atoms with Crippen molar-refractivity contribution in [3.8, 4) is 0 Å². The molecule has 2 heterocycles. The van der Waals surface area contributed by atoms with Gasteiger partial charge in [-0.05, 0) is 37.8 Å². The minimum absolute atomic E-state index is 0.0181. The van der Waals surface area contributed by atoms with E-state index in [1.807, 2.05) is 0 Å². The highest BCUT2D eigenvalue weighted by atomic mass is 32.1. The highest BCUT2D eigenvalue weighted by Gasteiger charge is 2.21. The molecular formula is C16H24N2O3S. The van der Waals surface area contributed by atoms with Crippen molar-refractivity contribution >= 4 is 23.2 Å². The van der Waals surface area contributed by atoms with E-state index < -0.39 is 0 Å². The summed E-state index contributed by atoms with van der Waals surface area (Å²) >= 11 is 1.78. The molecule has 0 radical (unpaired) electrons. The average Bonchev–Trinajstić information content (AvgIpc) is 2.99. The van der Waals surface area contributed by atoms with Crippen molar-refractivity contribution in [2.24, 2.45) is 5.92 Å². The Labute approximate surface area is 135 Å². The Morgan fingerprint density at radius 2 is 2.36 bits per heavy atom. The monoisotopic (exact) mass is 324 g/mol. The van der Waals surface area contributed by atoms with Crippen LogP contribution in [0.25, 0.3) is 0 Å². The molecule has 2 rings (SSSR count). The molecule has 0 amide bonds. The smallest absolute Gasteiger partial charge is 0.315 e. The second kappa shape index (κ2) is 8.90. The Bertz CT molecular complexity index is 476. The summed E-state index contributed by atoms with van der Waals surface area (Å²) in [4.78, 5) is 15.5. The fourth-order valence-corrected chi connectivity index (χ4v) is 3.42. The third-order valence-corrected chi connectivity index (χ3v) is 4.53. The van der Waals surface area contributed by atoms with Gasteiger partial charge in [0.05, 0.1) is 13.2 Å². The van der Waals surface area contributed by atoms with Gasteiger partial charge in [0.25, 0.3) is 0 Å². The van der Waals surface area contributed by atoms with Crippen molar-refractivity contribution in [3.05, 3.63) is 22.4 Å². The maximum atomic E-state index is 11.7. The van der Waals surface area contributed by atoms with Crippen LogP contribution < -0.4 is 0 Å². The van der Waals surface area contributed by atoms with E-state index in [0.717, 1.165) is 32.5 Å². The van der Waals surface area contributed by atoms with Gasteiger partial charge in [-0.1, -0.05) is 6.07 Å². The normalized spacial score (nSPS) is 18.9. The van der Waals surface area contributed by atoms with Crippen LogP contribution in [-0.4, -0.2) is 43.1 Å². The molecule has 0 spiro atoms. The molecule has 1 unspecified atom stereocenters. The van der Waals surface area contributed by atoms with Gasteiger partial charge < -0.3 is 9.47 Å². The summed E-state index contributed by atoms with van der Waals surface area (Å²) in [5.41, 5.74) is 0. The van der Waals surface area contributed by atoms with Crippen LogP contribution in [0, 0.1) is 11.3 Å². The van der Waals surface area contributed by atoms with Crippen LogP contribution in [0.3, 0.4) is 0 Å². The molecule has 1 aliphatic rings. The lowest BCUT2D eigenvalue weighted by Crippen LogP contribution is -2.37. The van der Waals surface area contributed by atoms with Crippen molar-refractivity contribution in [3.63, 3.8) is 0 Å². The molecule has 5 nitrogen and oxygen atoms in total. The predicted molar refractivity (Wildman–Crippen MR) is 87.2 cm³/mol. The van der Waals surface area contributed by atoms with Crippen molar-refractivity contribution in [1.29, 1.82) is 5.41 Å². The van der Waals surface area contributed by atoms with Gasteiger partial charge in [-0.15, -0.1) is 11.3 Å². The maximum Gasteiger partial charge on any atom is 0.315 e. The molecule has 1 fully saturated rings. The molecule has 1 N–H and O–H groups in total. The van der Waals surface area contributed by atoms with Gasteiger partial charge in [0.15, 0.2) is 5.90 Å². The Morgan fingerprint density at radius 1 is 1.50 bits per heavy atom. The summed E-state index contributed by atoms with van der Waals surface area (Å²) in [7, 11) is 0. The largest absolute Gasteiger partial charge is 0.481 e. The van der Waals surface area contributed by atoms with Crippen LogP contribution in [0.5, 0.6) is 0 Å². The first kappa shape index (κ1) is 17.0. The molecule has 0 aromatic carbocycles. The Hall–Kier alpha value is -1.40. The predicted octanol–water partition coefficient (Wildman–Crippen LogP) is 2.91. The second-order valence-electron chi connectivity index (χ2n) is 5.54. The first-order chi connectivity index (χ1) is 10.7. The standard InChI is InChI=1S/C16H24N2O3S/c1-2-20-15(17)9-16(19)21-12-13-5-3-7-18(10-13)11-14-6-4-8-22-14/h4,6,8,13,17H,2-3,5,7,9-12H2,1H3. The van der Waals surface area contributed by atoms with Gasteiger partial charge in [0.1, 0.15) is 6.42 Å². The second-order valence-corrected chi connectivity index (χ2v) is 6.57. The number of nitrogens with zero attached hydrogens (tertiary/aromatic N) is 1. The zero-order chi connectivity index (χ0) is 15.8. The molecule has 0 saturated carbocycles. The number of likely N-dealkylation sites (tertiary alicyclic amines) is 1. The van der Waals surface area contributed by atoms with Crippen LogP contribution in [0.2, 0.25) is 0 Å². The molecular weight excluding hydrogens is 300 g/mol. The van der Waals surface area contributed by atoms with E-state index in [1.165, 1.54) is 4.88 Å². The number of piperidine rings is 1. The molecule has 1 saturated heterocycles. The molecule has 1 aromatic rings. The topological polar surface area (TPSA) is 62.6 Å². The van der Waals surface area contributed by atoms with E-state index in [2.05, 4.69) is 22.4 Å². The van der Waals surface area contributed by atoms with Crippen LogP contribution >= 0.6 is 11.3 Å². The van der Waals surface area contributed by atoms with Crippen LogP contribution in [0.4, 0.5) is 0 Å². The summed E-state index contributed by atoms with van der Waals surface area (Å²) in [6.45, 7) is 5.71. The Kier molecular flexibility index (Phi) is 6.86. The number of nitrogens with one attached hydrogen (secondary N) is 1. The number of carbonyl (C=O) groups is 1. The number of ether oxygens (including phenoxy) is 2. The molecule has 0 bridgehead atoms. The fraction of sp³-hybridized carbons (Fsp3) is 0.625. The van der Waals surface area contributed by atoms with Crippen LogP contribution in [0.15, 0.2) is 17.5 Å². The quantitative estimate of drug-likeness (QED) is 0.476. The third kappa shape index (κ3) is 5.77. The number of carbonyl (C=O) groups excluding carboxylic acids is 1.